The normalized spacial score (nSPS) is 15.6. The number of amides is 1. The number of halogens is 1. The molecule has 1 amide bonds. The lowest BCUT2D eigenvalue weighted by Gasteiger charge is -2.39. The van der Waals surface area contributed by atoms with Gasteiger partial charge in [-0.25, -0.2) is 0 Å². The molecule has 1 unspecified atom stereocenters. The molecular weight excluding hydrogens is 521 g/mol. The average molecular weight is 562 g/mol. The van der Waals surface area contributed by atoms with E-state index in [-0.39, 0.29) is 29.9 Å². The molecule has 1 aliphatic heterocycles. The fourth-order valence-corrected chi connectivity index (χ4v) is 3.98. The highest BCUT2D eigenvalue weighted by Gasteiger charge is 2.27. The molecule has 1 aromatic carbocycles. The van der Waals surface area contributed by atoms with Gasteiger partial charge in [0.1, 0.15) is 5.75 Å². The summed E-state index contributed by atoms with van der Waals surface area (Å²) in [7, 11) is 3.36. The first kappa shape index (κ1) is 28.4. The van der Waals surface area contributed by atoms with Crippen molar-refractivity contribution in [1.82, 2.24) is 20.9 Å². The molecule has 1 saturated heterocycles. The fourth-order valence-electron chi connectivity index (χ4n) is 3.98. The molecule has 32 heavy (non-hydrogen) atoms. The van der Waals surface area contributed by atoms with Crippen molar-refractivity contribution < 1.29 is 14.3 Å². The number of ether oxygens (including phenoxy) is 2. The van der Waals surface area contributed by atoms with Crippen LogP contribution in [0.15, 0.2) is 29.3 Å². The van der Waals surface area contributed by atoms with Crippen LogP contribution >= 0.6 is 24.0 Å². The Bertz CT molecular complexity index is 694. The molecule has 0 aromatic heterocycles. The van der Waals surface area contributed by atoms with Crippen LogP contribution in [0.4, 0.5) is 0 Å². The lowest BCUT2D eigenvalue weighted by molar-refractivity contribution is 0.00272. The molecule has 0 radical (unpaired) electrons. The number of guanidine groups is 1. The second-order valence-corrected chi connectivity index (χ2v) is 7.66. The van der Waals surface area contributed by atoms with Gasteiger partial charge in [0.25, 0.3) is 5.91 Å². The maximum Gasteiger partial charge on any atom is 0.251 e. The molecule has 0 spiro atoms. The van der Waals surface area contributed by atoms with E-state index in [1.165, 1.54) is 0 Å². The third kappa shape index (κ3) is 9.11. The van der Waals surface area contributed by atoms with Gasteiger partial charge in [-0.1, -0.05) is 32.8 Å². The van der Waals surface area contributed by atoms with Crippen molar-refractivity contribution in [3.63, 3.8) is 0 Å². The largest absolute Gasteiger partial charge is 0.497 e. The third-order valence-electron chi connectivity index (χ3n) is 5.84. The van der Waals surface area contributed by atoms with Crippen molar-refractivity contribution in [2.45, 2.75) is 32.7 Å². The number of carbonyl (C=O) groups excluding carboxylic acids is 1. The lowest BCUT2D eigenvalue weighted by atomic mass is 9.92. The Morgan fingerprint density at radius 3 is 2.47 bits per heavy atom. The number of nitrogens with zero attached hydrogens (tertiary/aromatic N) is 2. The number of aliphatic imine (C=N–C) groups is 1. The molecule has 1 atom stereocenters. The molecule has 1 aromatic rings. The average Bonchev–Trinajstić information content (AvgIpc) is 2.83. The molecule has 0 saturated carbocycles. The van der Waals surface area contributed by atoms with Gasteiger partial charge >= 0.3 is 0 Å². The van der Waals surface area contributed by atoms with E-state index in [1.54, 1.807) is 26.3 Å². The van der Waals surface area contributed by atoms with Crippen LogP contribution in [-0.2, 0) is 4.74 Å². The Morgan fingerprint density at radius 1 is 1.16 bits per heavy atom. The van der Waals surface area contributed by atoms with Crippen LogP contribution in [0.3, 0.4) is 0 Å². The molecule has 0 bridgehead atoms. The van der Waals surface area contributed by atoms with Crippen molar-refractivity contribution in [1.29, 1.82) is 0 Å². The fraction of sp³-hybridized carbons (Fsp3) is 0.652. The van der Waals surface area contributed by atoms with Crippen LogP contribution in [0.1, 0.15) is 37.0 Å². The summed E-state index contributed by atoms with van der Waals surface area (Å²) in [6, 6.07) is 7.58. The molecule has 0 aliphatic carbocycles. The number of hydrogen-bond donors (Lipinski definition) is 3. The van der Waals surface area contributed by atoms with E-state index in [0.717, 1.165) is 51.6 Å². The smallest absolute Gasteiger partial charge is 0.251 e. The number of methoxy groups -OCH3 is 1. The van der Waals surface area contributed by atoms with E-state index >= 15 is 0 Å². The first-order valence-corrected chi connectivity index (χ1v) is 11.3. The number of rotatable bonds is 11. The van der Waals surface area contributed by atoms with Crippen LogP contribution in [-0.4, -0.2) is 82.9 Å². The predicted molar refractivity (Wildman–Crippen MR) is 140 cm³/mol. The van der Waals surface area contributed by atoms with E-state index in [2.05, 4.69) is 39.7 Å². The minimum atomic E-state index is -0.121. The first-order chi connectivity index (χ1) is 15.1. The third-order valence-corrected chi connectivity index (χ3v) is 5.84. The van der Waals surface area contributed by atoms with Gasteiger partial charge in [0.15, 0.2) is 5.96 Å². The van der Waals surface area contributed by atoms with Crippen LogP contribution < -0.4 is 20.7 Å². The summed E-state index contributed by atoms with van der Waals surface area (Å²) in [6.07, 6.45) is 2.31. The number of carbonyl (C=O) groups is 1. The van der Waals surface area contributed by atoms with Gasteiger partial charge in [-0.3, -0.25) is 14.7 Å². The van der Waals surface area contributed by atoms with E-state index in [4.69, 9.17) is 9.47 Å². The van der Waals surface area contributed by atoms with E-state index in [0.29, 0.717) is 36.4 Å². The number of morpholine rings is 1. The minimum absolute atomic E-state index is 0. The molecular formula is C23H40IN5O3. The van der Waals surface area contributed by atoms with Crippen molar-refractivity contribution in [3.8, 4) is 5.75 Å². The molecule has 1 fully saturated rings. The van der Waals surface area contributed by atoms with Crippen molar-refractivity contribution in [2.75, 3.05) is 60.1 Å². The van der Waals surface area contributed by atoms with Gasteiger partial charge in [0.2, 0.25) is 0 Å². The predicted octanol–water partition coefficient (Wildman–Crippen LogP) is 2.35. The molecule has 1 aliphatic rings. The van der Waals surface area contributed by atoms with Crippen molar-refractivity contribution in [2.24, 2.45) is 10.9 Å². The zero-order valence-electron chi connectivity index (χ0n) is 19.9. The monoisotopic (exact) mass is 561 g/mol. The van der Waals surface area contributed by atoms with Gasteiger partial charge in [-0.15, -0.1) is 24.0 Å². The summed E-state index contributed by atoms with van der Waals surface area (Å²) < 4.78 is 10.7. The lowest BCUT2D eigenvalue weighted by Crippen LogP contribution is -2.53. The molecule has 1 heterocycles. The van der Waals surface area contributed by atoms with Crippen LogP contribution in [0.5, 0.6) is 5.75 Å². The summed E-state index contributed by atoms with van der Waals surface area (Å²) in [6.45, 7) is 10.0. The first-order valence-electron chi connectivity index (χ1n) is 11.3. The van der Waals surface area contributed by atoms with E-state index in [9.17, 15) is 4.79 Å². The number of benzene rings is 1. The van der Waals surface area contributed by atoms with E-state index < -0.39 is 0 Å². The van der Waals surface area contributed by atoms with Gasteiger partial charge in [0.05, 0.1) is 20.3 Å². The standard InChI is InChI=1S/C23H39N5O3.HI/c1-5-18(6-2)21(28-12-14-31-15-13-28)17-27-23(24-3)26-11-10-25-22(29)19-8-7-9-20(16-19)30-4;/h7-9,16,18,21H,5-6,10-15,17H2,1-4H3,(H,25,29)(H2,24,26,27);1H. The second-order valence-electron chi connectivity index (χ2n) is 7.66. The maximum atomic E-state index is 12.3. The highest BCUT2D eigenvalue weighted by molar-refractivity contribution is 14.0. The summed E-state index contributed by atoms with van der Waals surface area (Å²) in [5.41, 5.74) is 0.584. The second kappa shape index (κ2) is 16.1. The van der Waals surface area contributed by atoms with Crippen molar-refractivity contribution in [3.05, 3.63) is 29.8 Å². The van der Waals surface area contributed by atoms with Gasteiger partial charge in [-0.05, 0) is 24.1 Å². The molecule has 9 heteroatoms. The molecule has 2 rings (SSSR count). The van der Waals surface area contributed by atoms with Gasteiger partial charge in [0, 0.05) is 51.4 Å². The maximum absolute atomic E-state index is 12.3. The van der Waals surface area contributed by atoms with Crippen LogP contribution in [0.25, 0.3) is 0 Å². The summed E-state index contributed by atoms with van der Waals surface area (Å²) in [5.74, 6) is 1.93. The Balaban J connectivity index is 0.00000512. The van der Waals surface area contributed by atoms with Gasteiger partial charge in [-0.2, -0.15) is 0 Å². The van der Waals surface area contributed by atoms with E-state index in [1.807, 2.05) is 12.1 Å². The van der Waals surface area contributed by atoms with Crippen molar-refractivity contribution >= 4 is 35.8 Å². The van der Waals surface area contributed by atoms with Crippen LogP contribution in [0, 0.1) is 5.92 Å². The molecule has 182 valence electrons. The summed E-state index contributed by atoms with van der Waals surface area (Å²) in [4.78, 5) is 19.2. The Morgan fingerprint density at radius 2 is 1.84 bits per heavy atom. The number of hydrogen-bond acceptors (Lipinski definition) is 5. The molecule has 8 nitrogen and oxygen atoms in total. The minimum Gasteiger partial charge on any atom is -0.497 e. The Labute approximate surface area is 209 Å². The zero-order chi connectivity index (χ0) is 22.5. The quantitative estimate of drug-likeness (QED) is 0.167. The highest BCUT2D eigenvalue weighted by Crippen LogP contribution is 2.19. The van der Waals surface area contributed by atoms with Gasteiger partial charge < -0.3 is 25.4 Å². The Hall–Kier alpha value is -1.59. The SMILES string of the molecule is CCC(CC)C(CNC(=NC)NCCNC(=O)c1cccc(OC)c1)N1CCOCC1.I. The highest BCUT2D eigenvalue weighted by atomic mass is 127. The Kier molecular flexibility index (Phi) is 14.3. The van der Waals surface area contributed by atoms with Crippen LogP contribution in [0.2, 0.25) is 0 Å². The number of nitrogens with one attached hydrogen (secondary N) is 3. The topological polar surface area (TPSA) is 87.2 Å². The molecule has 3 N–H and O–H groups in total. The zero-order valence-corrected chi connectivity index (χ0v) is 22.2. The summed E-state index contributed by atoms with van der Waals surface area (Å²) >= 11 is 0. The summed E-state index contributed by atoms with van der Waals surface area (Å²) in [5, 5.41) is 9.69.